The molecule has 3 N–H and O–H groups in total. The first kappa shape index (κ1) is 22.5. The highest BCUT2D eigenvalue weighted by molar-refractivity contribution is 14.0. The predicted molar refractivity (Wildman–Crippen MR) is 116 cm³/mol. The maximum Gasteiger partial charge on any atom is 0.191 e. The summed E-state index contributed by atoms with van der Waals surface area (Å²) >= 11 is 1.79. The van der Waals surface area contributed by atoms with Crippen molar-refractivity contribution in [2.75, 3.05) is 30.3 Å². The Morgan fingerprint density at radius 3 is 2.83 bits per heavy atom. The van der Waals surface area contributed by atoms with Crippen molar-refractivity contribution >= 4 is 52.5 Å². The Morgan fingerprint density at radius 2 is 2.21 bits per heavy atom. The van der Waals surface area contributed by atoms with Crippen LogP contribution in [0.4, 0.5) is 0 Å². The van der Waals surface area contributed by atoms with Crippen LogP contribution < -0.4 is 10.6 Å². The second-order valence-corrected chi connectivity index (χ2v) is 9.63. The van der Waals surface area contributed by atoms with Gasteiger partial charge in [-0.15, -0.1) is 24.0 Å². The van der Waals surface area contributed by atoms with Gasteiger partial charge in [0.15, 0.2) is 5.96 Å². The van der Waals surface area contributed by atoms with E-state index in [1.807, 2.05) is 13.8 Å². The molecule has 1 aliphatic carbocycles. The van der Waals surface area contributed by atoms with Gasteiger partial charge in [0.1, 0.15) is 0 Å². The van der Waals surface area contributed by atoms with E-state index in [1.165, 1.54) is 0 Å². The predicted octanol–water partition coefficient (Wildman–Crippen LogP) is 2.11. The lowest BCUT2D eigenvalue weighted by molar-refractivity contribution is 0.0778. The van der Waals surface area contributed by atoms with Gasteiger partial charge in [0, 0.05) is 40.1 Å². The molecule has 0 aromatic rings. The average molecular weight is 489 g/mol. The third-order valence-corrected chi connectivity index (χ3v) is 7.56. The molecule has 2 rings (SSSR count). The van der Waals surface area contributed by atoms with Gasteiger partial charge in [0.2, 0.25) is 0 Å². The Hall–Kier alpha value is 0.460. The Labute approximate surface area is 170 Å². The van der Waals surface area contributed by atoms with Crippen molar-refractivity contribution in [1.29, 1.82) is 0 Å². The molecular formula is C16H32IN3O2S2. The molecule has 0 aromatic carbocycles. The summed E-state index contributed by atoms with van der Waals surface area (Å²) in [6, 6.07) is 0.328. The summed E-state index contributed by atoms with van der Waals surface area (Å²) in [5, 5.41) is 17.5. The molecule has 1 heterocycles. The normalized spacial score (nSPS) is 32.0. The number of nitrogens with zero attached hydrogens (tertiary/aromatic N) is 1. The topological polar surface area (TPSA) is 73.7 Å². The van der Waals surface area contributed by atoms with E-state index in [0.717, 1.165) is 61.9 Å². The molecule has 0 amide bonds. The number of guanidine groups is 1. The van der Waals surface area contributed by atoms with Crippen LogP contribution in [-0.4, -0.2) is 62.5 Å². The van der Waals surface area contributed by atoms with Gasteiger partial charge >= 0.3 is 0 Å². The zero-order valence-corrected chi connectivity index (χ0v) is 18.7. The molecule has 2 fully saturated rings. The second kappa shape index (κ2) is 11.2. The third kappa shape index (κ3) is 6.99. The summed E-state index contributed by atoms with van der Waals surface area (Å²) < 4.78 is 12.1. The van der Waals surface area contributed by atoms with Gasteiger partial charge in [-0.1, -0.05) is 13.3 Å². The first-order valence-corrected chi connectivity index (χ1v) is 11.3. The lowest BCUT2D eigenvalue weighted by Gasteiger charge is -2.30. The van der Waals surface area contributed by atoms with E-state index in [9.17, 15) is 9.32 Å². The molecule has 4 unspecified atom stereocenters. The van der Waals surface area contributed by atoms with Crippen molar-refractivity contribution in [3.05, 3.63) is 0 Å². The molecule has 0 radical (unpaired) electrons. The first-order chi connectivity index (χ1) is 11.1. The Bertz CT molecular complexity index is 432. The zero-order chi connectivity index (χ0) is 16.7. The largest absolute Gasteiger partial charge is 0.387 e. The minimum atomic E-state index is -0.708. The first-order valence-electron chi connectivity index (χ1n) is 8.78. The number of aliphatic hydroxyl groups is 1. The van der Waals surface area contributed by atoms with Gasteiger partial charge in [-0.05, 0) is 38.4 Å². The van der Waals surface area contributed by atoms with Crippen molar-refractivity contribution in [3.63, 3.8) is 0 Å². The summed E-state index contributed by atoms with van der Waals surface area (Å²) in [5.74, 6) is 3.32. The highest BCUT2D eigenvalue weighted by Crippen LogP contribution is 2.28. The van der Waals surface area contributed by atoms with Gasteiger partial charge in [0.05, 0.1) is 12.1 Å². The van der Waals surface area contributed by atoms with E-state index >= 15 is 0 Å². The van der Waals surface area contributed by atoms with E-state index in [1.54, 1.807) is 11.8 Å². The van der Waals surface area contributed by atoms with Crippen LogP contribution in [0.2, 0.25) is 0 Å². The Morgan fingerprint density at radius 1 is 1.42 bits per heavy atom. The van der Waals surface area contributed by atoms with Crippen LogP contribution in [-0.2, 0) is 10.8 Å². The van der Waals surface area contributed by atoms with Crippen LogP contribution in [0.15, 0.2) is 4.99 Å². The molecule has 0 spiro atoms. The lowest BCUT2D eigenvalue weighted by atomic mass is 9.95. The van der Waals surface area contributed by atoms with Crippen LogP contribution in [0, 0.1) is 0 Å². The summed E-state index contributed by atoms with van der Waals surface area (Å²) in [5.41, 5.74) is -0.647. The summed E-state index contributed by atoms with van der Waals surface area (Å²) in [4.78, 5) is 4.61. The lowest BCUT2D eigenvalue weighted by Crippen LogP contribution is -2.47. The maximum absolute atomic E-state index is 12.1. The van der Waals surface area contributed by atoms with E-state index < -0.39 is 16.4 Å². The number of nitrogens with one attached hydrogen (secondary N) is 2. The monoisotopic (exact) mass is 489 g/mol. The van der Waals surface area contributed by atoms with Crippen molar-refractivity contribution in [2.45, 2.75) is 62.8 Å². The number of thioether (sulfide) groups is 1. The van der Waals surface area contributed by atoms with Crippen LogP contribution in [0.5, 0.6) is 0 Å². The molecule has 1 saturated carbocycles. The van der Waals surface area contributed by atoms with E-state index in [4.69, 9.17) is 0 Å². The molecular weight excluding hydrogens is 457 g/mol. The van der Waals surface area contributed by atoms with Crippen molar-refractivity contribution in [3.8, 4) is 0 Å². The molecule has 24 heavy (non-hydrogen) atoms. The summed E-state index contributed by atoms with van der Waals surface area (Å²) in [7, 11) is -0.708. The maximum atomic E-state index is 12.1. The van der Waals surface area contributed by atoms with Crippen molar-refractivity contribution in [1.82, 2.24) is 10.6 Å². The molecule has 1 aliphatic heterocycles. The molecule has 142 valence electrons. The average Bonchev–Trinajstić information content (AvgIpc) is 2.99. The van der Waals surface area contributed by atoms with Gasteiger partial charge in [-0.25, -0.2) is 0 Å². The quantitative estimate of drug-likeness (QED) is 0.303. The Kier molecular flexibility index (Phi) is 10.5. The zero-order valence-electron chi connectivity index (χ0n) is 14.8. The number of aliphatic imine (C=N–C) groups is 1. The van der Waals surface area contributed by atoms with Crippen molar-refractivity contribution in [2.24, 2.45) is 4.99 Å². The standard InChI is InChI=1S/C16H31N3O2S2.HI/c1-3-17-15(18-11-16(20)8-9-22-12-16)19-13-6-5-7-14(10-13)23(21)4-2;/h13-14,20H,3-12H2,1-2H3,(H2,17,18,19);1H. The molecule has 1 saturated heterocycles. The molecule has 5 nitrogen and oxygen atoms in total. The molecule has 4 atom stereocenters. The number of hydrogen-bond acceptors (Lipinski definition) is 4. The highest BCUT2D eigenvalue weighted by atomic mass is 127. The van der Waals surface area contributed by atoms with Gasteiger partial charge < -0.3 is 15.7 Å². The number of rotatable bonds is 6. The molecule has 8 heteroatoms. The minimum Gasteiger partial charge on any atom is -0.387 e. The molecule has 0 bridgehead atoms. The SMILES string of the molecule is CCNC(=NCC1(O)CCSC1)NC1CCCC(S(=O)CC)C1.I. The molecule has 0 aromatic heterocycles. The second-order valence-electron chi connectivity index (χ2n) is 6.52. The van der Waals surface area contributed by atoms with Gasteiger partial charge in [-0.3, -0.25) is 9.20 Å². The van der Waals surface area contributed by atoms with Crippen LogP contribution in [0.1, 0.15) is 46.0 Å². The third-order valence-electron chi connectivity index (χ3n) is 4.58. The summed E-state index contributed by atoms with van der Waals surface area (Å²) in [6.45, 7) is 5.30. The highest BCUT2D eigenvalue weighted by Gasteiger charge is 2.32. The minimum absolute atomic E-state index is 0. The smallest absolute Gasteiger partial charge is 0.191 e. The van der Waals surface area contributed by atoms with Crippen LogP contribution >= 0.6 is 35.7 Å². The number of halogens is 1. The fourth-order valence-electron chi connectivity index (χ4n) is 3.21. The van der Waals surface area contributed by atoms with Gasteiger partial charge in [-0.2, -0.15) is 11.8 Å². The summed E-state index contributed by atoms with van der Waals surface area (Å²) in [6.07, 6.45) is 5.06. The van der Waals surface area contributed by atoms with E-state index in [2.05, 4.69) is 15.6 Å². The van der Waals surface area contributed by atoms with Gasteiger partial charge in [0.25, 0.3) is 0 Å². The van der Waals surface area contributed by atoms with E-state index in [-0.39, 0.29) is 24.0 Å². The Balaban J connectivity index is 0.00000288. The fourth-order valence-corrected chi connectivity index (χ4v) is 5.84. The van der Waals surface area contributed by atoms with Crippen LogP contribution in [0.3, 0.4) is 0 Å². The molecule has 2 aliphatic rings. The fraction of sp³-hybridized carbons (Fsp3) is 0.938. The number of hydrogen-bond donors (Lipinski definition) is 3. The van der Waals surface area contributed by atoms with Crippen molar-refractivity contribution < 1.29 is 9.32 Å². The van der Waals surface area contributed by atoms with Crippen LogP contribution in [0.25, 0.3) is 0 Å². The van der Waals surface area contributed by atoms with E-state index in [0.29, 0.717) is 17.8 Å².